The maximum atomic E-state index is 3.39. The normalized spacial score (nSPS) is 10.6. The number of benzene rings is 1. The Labute approximate surface area is 88.4 Å². The molecule has 0 atom stereocenters. The van der Waals surface area contributed by atoms with Crippen molar-refractivity contribution < 1.29 is 0 Å². The summed E-state index contributed by atoms with van der Waals surface area (Å²) in [6, 6.07) is 6.44. The van der Waals surface area contributed by atoms with Crippen LogP contribution in [0.4, 0.5) is 0 Å². The monoisotopic (exact) mass is 202 g/mol. The van der Waals surface area contributed by atoms with Gasteiger partial charge in [-0.15, -0.1) is 5.54 Å². The summed E-state index contributed by atoms with van der Waals surface area (Å²) in [6.45, 7) is 11.0. The molecule has 0 aliphatic heterocycles. The van der Waals surface area contributed by atoms with Gasteiger partial charge in [0.05, 0.1) is 0 Å². The van der Waals surface area contributed by atoms with Crippen molar-refractivity contribution in [3.05, 3.63) is 34.9 Å². The van der Waals surface area contributed by atoms with Gasteiger partial charge in [0, 0.05) is 5.56 Å². The Bertz CT molecular complexity index is 386. The molecule has 0 N–H and O–H groups in total. The lowest BCUT2D eigenvalue weighted by Crippen LogP contribution is -2.16. The van der Waals surface area contributed by atoms with E-state index in [0.717, 1.165) is 0 Å². The van der Waals surface area contributed by atoms with Gasteiger partial charge in [0.25, 0.3) is 0 Å². The zero-order valence-corrected chi connectivity index (χ0v) is 10.7. The van der Waals surface area contributed by atoms with Gasteiger partial charge in [0.15, 0.2) is 0 Å². The minimum absolute atomic E-state index is 1.18. The SMILES string of the molecule is Cc1ccc(C#C[Si](C)(C)C)c(C)c1. The van der Waals surface area contributed by atoms with Crippen molar-refractivity contribution in [2.24, 2.45) is 0 Å². The molecule has 0 unspecified atom stereocenters. The van der Waals surface area contributed by atoms with Crippen LogP contribution in [0.1, 0.15) is 16.7 Å². The van der Waals surface area contributed by atoms with Gasteiger partial charge in [-0.1, -0.05) is 43.3 Å². The van der Waals surface area contributed by atoms with Crippen molar-refractivity contribution in [3.63, 3.8) is 0 Å². The summed E-state index contributed by atoms with van der Waals surface area (Å²) < 4.78 is 0. The molecule has 0 nitrogen and oxygen atoms in total. The number of aryl methyl sites for hydroxylation is 2. The lowest BCUT2D eigenvalue weighted by atomic mass is 10.1. The predicted octanol–water partition coefficient (Wildman–Crippen LogP) is 3.53. The van der Waals surface area contributed by atoms with Crippen molar-refractivity contribution >= 4 is 8.07 Å². The van der Waals surface area contributed by atoms with Gasteiger partial charge in [0.2, 0.25) is 0 Å². The van der Waals surface area contributed by atoms with Crippen LogP contribution in [0.15, 0.2) is 18.2 Å². The molecular weight excluding hydrogens is 184 g/mol. The Morgan fingerprint density at radius 2 is 1.71 bits per heavy atom. The van der Waals surface area contributed by atoms with Crippen LogP contribution in [0.2, 0.25) is 19.6 Å². The fraction of sp³-hybridized carbons (Fsp3) is 0.385. The Balaban J connectivity index is 3.02. The zero-order valence-electron chi connectivity index (χ0n) is 9.73. The van der Waals surface area contributed by atoms with Crippen LogP contribution in [0.5, 0.6) is 0 Å². The van der Waals surface area contributed by atoms with Crippen molar-refractivity contribution in [1.29, 1.82) is 0 Å². The molecular formula is C13H18Si. The second kappa shape index (κ2) is 4.02. The first-order valence-electron chi connectivity index (χ1n) is 4.99. The average molecular weight is 202 g/mol. The molecule has 0 fully saturated rings. The smallest absolute Gasteiger partial charge is 0.127 e. The second-order valence-corrected chi connectivity index (χ2v) is 9.57. The fourth-order valence-corrected chi connectivity index (χ4v) is 1.72. The number of rotatable bonds is 0. The fourth-order valence-electron chi connectivity index (χ4n) is 1.21. The van der Waals surface area contributed by atoms with Gasteiger partial charge in [-0.25, -0.2) is 0 Å². The topological polar surface area (TPSA) is 0 Å². The van der Waals surface area contributed by atoms with Gasteiger partial charge < -0.3 is 0 Å². The highest BCUT2D eigenvalue weighted by Crippen LogP contribution is 2.09. The summed E-state index contributed by atoms with van der Waals surface area (Å²) >= 11 is 0. The Morgan fingerprint density at radius 3 is 2.21 bits per heavy atom. The number of hydrogen-bond acceptors (Lipinski definition) is 0. The third-order valence-electron chi connectivity index (χ3n) is 1.95. The van der Waals surface area contributed by atoms with E-state index in [0.29, 0.717) is 0 Å². The van der Waals surface area contributed by atoms with Crippen molar-refractivity contribution in [2.45, 2.75) is 33.5 Å². The van der Waals surface area contributed by atoms with Crippen LogP contribution in [-0.2, 0) is 0 Å². The van der Waals surface area contributed by atoms with E-state index in [-0.39, 0.29) is 0 Å². The van der Waals surface area contributed by atoms with Gasteiger partial charge >= 0.3 is 0 Å². The molecule has 1 heteroatoms. The molecule has 0 aliphatic carbocycles. The molecule has 0 saturated carbocycles. The van der Waals surface area contributed by atoms with E-state index < -0.39 is 8.07 Å². The highest BCUT2D eigenvalue weighted by atomic mass is 28.3. The maximum absolute atomic E-state index is 3.39. The van der Waals surface area contributed by atoms with Gasteiger partial charge in [0.1, 0.15) is 8.07 Å². The van der Waals surface area contributed by atoms with Crippen LogP contribution in [0.3, 0.4) is 0 Å². The standard InChI is InChI=1S/C13H18Si/c1-11-6-7-13(12(2)10-11)8-9-14(3,4)5/h6-7,10H,1-5H3. The second-order valence-electron chi connectivity index (χ2n) is 4.82. The third kappa shape index (κ3) is 3.39. The summed E-state index contributed by atoms with van der Waals surface area (Å²) in [4.78, 5) is 0. The maximum Gasteiger partial charge on any atom is 0.129 e. The Morgan fingerprint density at radius 1 is 1.07 bits per heavy atom. The van der Waals surface area contributed by atoms with Crippen molar-refractivity contribution in [3.8, 4) is 11.5 Å². The molecule has 0 aliphatic rings. The lowest BCUT2D eigenvalue weighted by molar-refractivity contribution is 1.36. The van der Waals surface area contributed by atoms with E-state index >= 15 is 0 Å². The molecule has 0 saturated heterocycles. The van der Waals surface area contributed by atoms with E-state index in [2.05, 4.69) is 63.2 Å². The quantitative estimate of drug-likeness (QED) is 0.446. The zero-order chi connectivity index (χ0) is 10.8. The van der Waals surface area contributed by atoms with Gasteiger partial charge in [-0.2, -0.15) is 0 Å². The summed E-state index contributed by atoms with van der Waals surface area (Å²) in [5.41, 5.74) is 7.16. The summed E-state index contributed by atoms with van der Waals surface area (Å²) in [5, 5.41) is 0. The van der Waals surface area contributed by atoms with E-state index in [1.165, 1.54) is 16.7 Å². The molecule has 0 bridgehead atoms. The number of hydrogen-bond donors (Lipinski definition) is 0. The highest BCUT2D eigenvalue weighted by molar-refractivity contribution is 6.83. The molecule has 1 aromatic carbocycles. The average Bonchev–Trinajstić information content (AvgIpc) is 2.00. The first-order valence-corrected chi connectivity index (χ1v) is 8.49. The van der Waals surface area contributed by atoms with E-state index in [9.17, 15) is 0 Å². The summed E-state index contributed by atoms with van der Waals surface area (Å²) in [7, 11) is -1.24. The van der Waals surface area contributed by atoms with Crippen LogP contribution >= 0.6 is 0 Å². The molecule has 0 heterocycles. The van der Waals surface area contributed by atoms with E-state index in [4.69, 9.17) is 0 Å². The first kappa shape index (κ1) is 11.1. The Kier molecular flexibility index (Phi) is 3.18. The van der Waals surface area contributed by atoms with E-state index in [1.807, 2.05) is 0 Å². The van der Waals surface area contributed by atoms with Crippen LogP contribution in [0, 0.1) is 25.3 Å². The molecule has 74 valence electrons. The Hall–Kier alpha value is -1.00. The summed E-state index contributed by atoms with van der Waals surface area (Å²) in [5.74, 6) is 3.29. The van der Waals surface area contributed by atoms with Gasteiger partial charge in [-0.3, -0.25) is 0 Å². The highest BCUT2D eigenvalue weighted by Gasteiger charge is 2.07. The molecule has 1 rings (SSSR count). The molecule has 0 radical (unpaired) electrons. The van der Waals surface area contributed by atoms with Crippen LogP contribution in [-0.4, -0.2) is 8.07 Å². The summed E-state index contributed by atoms with van der Waals surface area (Å²) in [6.07, 6.45) is 0. The van der Waals surface area contributed by atoms with Crippen molar-refractivity contribution in [2.75, 3.05) is 0 Å². The molecule has 14 heavy (non-hydrogen) atoms. The molecule has 0 aromatic heterocycles. The van der Waals surface area contributed by atoms with Crippen LogP contribution < -0.4 is 0 Å². The minimum Gasteiger partial charge on any atom is -0.127 e. The minimum atomic E-state index is -1.24. The first-order chi connectivity index (χ1) is 6.38. The largest absolute Gasteiger partial charge is 0.129 e. The van der Waals surface area contributed by atoms with Crippen molar-refractivity contribution in [1.82, 2.24) is 0 Å². The molecule has 1 aromatic rings. The molecule has 0 spiro atoms. The lowest BCUT2D eigenvalue weighted by Gasteiger charge is -2.04. The predicted molar refractivity (Wildman–Crippen MR) is 66.1 cm³/mol. The van der Waals surface area contributed by atoms with E-state index in [1.54, 1.807) is 0 Å². The van der Waals surface area contributed by atoms with Crippen LogP contribution in [0.25, 0.3) is 0 Å². The third-order valence-corrected chi connectivity index (χ3v) is 2.83. The van der Waals surface area contributed by atoms with Gasteiger partial charge in [-0.05, 0) is 25.5 Å². The molecule has 0 amide bonds.